The molecule has 0 aliphatic heterocycles. The lowest BCUT2D eigenvalue weighted by atomic mass is 10.1. The fourth-order valence-corrected chi connectivity index (χ4v) is 2.70. The topological polar surface area (TPSA) is 85.9 Å². The smallest absolute Gasteiger partial charge is 0.265 e. The zero-order valence-electron chi connectivity index (χ0n) is 12.1. The largest absolute Gasteiger partial charge is 0.480 e. The quantitative estimate of drug-likeness (QED) is 0.776. The summed E-state index contributed by atoms with van der Waals surface area (Å²) in [6.45, 7) is 1.81. The Hall–Kier alpha value is -2.31. The van der Waals surface area contributed by atoms with Crippen LogP contribution in [0.2, 0.25) is 5.02 Å². The average molecular weight is 319 g/mol. The highest BCUT2D eigenvalue weighted by Crippen LogP contribution is 2.24. The maximum Gasteiger partial charge on any atom is 0.265 e. The van der Waals surface area contributed by atoms with Crippen LogP contribution in [0.1, 0.15) is 18.7 Å². The van der Waals surface area contributed by atoms with Crippen LogP contribution in [0, 0.1) is 0 Å². The predicted octanol–water partition coefficient (Wildman–Crippen LogP) is 2.40. The lowest BCUT2D eigenvalue weighted by Crippen LogP contribution is -2.26. The first kappa shape index (κ1) is 14.6. The summed E-state index contributed by atoms with van der Waals surface area (Å²) >= 11 is 6.19. The van der Waals surface area contributed by atoms with Crippen molar-refractivity contribution in [2.75, 3.05) is 7.11 Å². The van der Waals surface area contributed by atoms with Gasteiger partial charge in [-0.05, 0) is 24.4 Å². The maximum atomic E-state index is 12.9. The van der Waals surface area contributed by atoms with Crippen LogP contribution in [0.5, 0.6) is 5.88 Å². The Bertz CT molecular complexity index is 898. The van der Waals surface area contributed by atoms with Crippen LogP contribution < -0.4 is 16.0 Å². The van der Waals surface area contributed by atoms with E-state index in [1.807, 2.05) is 19.1 Å². The highest BCUT2D eigenvalue weighted by molar-refractivity contribution is 6.35. The van der Waals surface area contributed by atoms with Gasteiger partial charge in [-0.3, -0.25) is 14.5 Å². The molecule has 0 saturated heterocycles. The zero-order valence-corrected chi connectivity index (χ0v) is 12.9. The van der Waals surface area contributed by atoms with E-state index in [2.05, 4.69) is 10.2 Å². The fourth-order valence-electron chi connectivity index (χ4n) is 2.44. The number of nitrogens with zero attached hydrogens (tertiary/aromatic N) is 2. The third-order valence-corrected chi connectivity index (χ3v) is 3.80. The Balaban J connectivity index is 2.40. The van der Waals surface area contributed by atoms with Crippen molar-refractivity contribution in [1.82, 2.24) is 14.8 Å². The average Bonchev–Trinajstić information content (AvgIpc) is 2.95. The molecule has 0 amide bonds. The minimum atomic E-state index is -0.342. The molecule has 0 saturated carbocycles. The van der Waals surface area contributed by atoms with Crippen LogP contribution in [0.15, 0.2) is 35.1 Å². The first-order chi connectivity index (χ1) is 10.5. The number of halogens is 1. The molecule has 7 heteroatoms. The van der Waals surface area contributed by atoms with Crippen LogP contribution in [0.3, 0.4) is 0 Å². The molecule has 3 N–H and O–H groups in total. The van der Waals surface area contributed by atoms with E-state index in [1.165, 1.54) is 11.7 Å². The first-order valence-corrected chi connectivity index (χ1v) is 7.10. The number of methoxy groups -OCH3 is 1. The lowest BCUT2D eigenvalue weighted by molar-refractivity contribution is 0.397. The van der Waals surface area contributed by atoms with Gasteiger partial charge in [0, 0.05) is 17.8 Å². The van der Waals surface area contributed by atoms with Crippen LogP contribution >= 0.6 is 11.6 Å². The molecule has 6 nitrogen and oxygen atoms in total. The lowest BCUT2D eigenvalue weighted by Gasteiger charge is -2.15. The van der Waals surface area contributed by atoms with Crippen LogP contribution in [-0.4, -0.2) is 21.9 Å². The Morgan fingerprint density at radius 2 is 2.18 bits per heavy atom. The summed E-state index contributed by atoms with van der Waals surface area (Å²) in [7, 11) is 1.51. The summed E-state index contributed by atoms with van der Waals surface area (Å²) < 4.78 is 6.53. The molecule has 22 heavy (non-hydrogen) atoms. The van der Waals surface area contributed by atoms with Crippen molar-refractivity contribution >= 4 is 22.4 Å². The van der Waals surface area contributed by atoms with Crippen LogP contribution in [0.4, 0.5) is 0 Å². The fraction of sp³-hybridized carbons (Fsp3) is 0.200. The van der Waals surface area contributed by atoms with E-state index in [9.17, 15) is 4.79 Å². The summed E-state index contributed by atoms with van der Waals surface area (Å²) in [6.07, 6.45) is 0. The van der Waals surface area contributed by atoms with E-state index in [1.54, 1.807) is 18.2 Å². The number of rotatable bonds is 3. The SMILES string of the molecule is COc1cc(-n2c(C(C)N)cc3cccc(Cl)c3c2=O)[nH]n1. The summed E-state index contributed by atoms with van der Waals surface area (Å²) in [5.41, 5.74) is 6.44. The van der Waals surface area contributed by atoms with Crippen molar-refractivity contribution in [2.45, 2.75) is 13.0 Å². The van der Waals surface area contributed by atoms with Gasteiger partial charge in [0.15, 0.2) is 0 Å². The van der Waals surface area contributed by atoms with Crippen molar-refractivity contribution in [3.8, 4) is 11.7 Å². The normalized spacial score (nSPS) is 12.5. The molecule has 3 aromatic rings. The Morgan fingerprint density at radius 3 is 2.82 bits per heavy atom. The number of nitrogens with two attached hydrogens (primary N) is 1. The third-order valence-electron chi connectivity index (χ3n) is 3.48. The van der Waals surface area contributed by atoms with Gasteiger partial charge in [-0.25, -0.2) is 0 Å². The summed E-state index contributed by atoms with van der Waals surface area (Å²) in [5.74, 6) is 0.868. The number of hydrogen-bond acceptors (Lipinski definition) is 4. The molecule has 1 atom stereocenters. The van der Waals surface area contributed by atoms with Gasteiger partial charge >= 0.3 is 0 Å². The molecule has 114 valence electrons. The molecule has 1 aromatic carbocycles. The summed E-state index contributed by atoms with van der Waals surface area (Å²) in [4.78, 5) is 12.9. The minimum Gasteiger partial charge on any atom is -0.480 e. The van der Waals surface area contributed by atoms with Crippen molar-refractivity contribution in [1.29, 1.82) is 0 Å². The Kier molecular flexibility index (Phi) is 3.64. The van der Waals surface area contributed by atoms with Crippen LogP contribution in [-0.2, 0) is 0 Å². The van der Waals surface area contributed by atoms with E-state index in [4.69, 9.17) is 22.1 Å². The van der Waals surface area contributed by atoms with Crippen molar-refractivity contribution in [3.05, 3.63) is 51.4 Å². The molecule has 2 aromatic heterocycles. The van der Waals surface area contributed by atoms with Gasteiger partial charge in [0.25, 0.3) is 5.56 Å². The number of fused-ring (bicyclic) bond motifs is 1. The molecular formula is C15H15ClN4O2. The Labute approximate surface area is 131 Å². The molecular weight excluding hydrogens is 304 g/mol. The molecule has 0 aliphatic carbocycles. The molecule has 1 unspecified atom stereocenters. The molecule has 2 heterocycles. The van der Waals surface area contributed by atoms with Crippen molar-refractivity contribution in [3.63, 3.8) is 0 Å². The second-order valence-electron chi connectivity index (χ2n) is 5.00. The van der Waals surface area contributed by atoms with Crippen LogP contribution in [0.25, 0.3) is 16.6 Å². The van der Waals surface area contributed by atoms with E-state index in [0.717, 1.165) is 5.39 Å². The standard InChI is InChI=1S/C15H15ClN4O2/c1-8(17)11-6-9-4-3-5-10(16)14(9)15(21)20(11)12-7-13(22-2)19-18-12/h3-8H,17H2,1-2H3,(H,18,19). The second kappa shape index (κ2) is 5.47. The highest BCUT2D eigenvalue weighted by Gasteiger charge is 2.17. The third kappa shape index (κ3) is 2.26. The van der Waals surface area contributed by atoms with Gasteiger partial charge < -0.3 is 10.5 Å². The molecule has 0 radical (unpaired) electrons. The van der Waals surface area contributed by atoms with Crippen molar-refractivity contribution in [2.24, 2.45) is 5.73 Å². The maximum absolute atomic E-state index is 12.9. The molecule has 0 bridgehead atoms. The molecule has 3 rings (SSSR count). The minimum absolute atomic E-state index is 0.248. The van der Waals surface area contributed by atoms with E-state index >= 15 is 0 Å². The van der Waals surface area contributed by atoms with Gasteiger partial charge in [-0.1, -0.05) is 23.7 Å². The second-order valence-corrected chi connectivity index (χ2v) is 5.41. The first-order valence-electron chi connectivity index (χ1n) is 6.72. The molecule has 0 aliphatic rings. The highest BCUT2D eigenvalue weighted by atomic mass is 35.5. The summed E-state index contributed by atoms with van der Waals surface area (Å²) in [6, 6.07) is 8.49. The number of ether oxygens (including phenoxy) is 1. The molecule has 0 spiro atoms. The van der Waals surface area contributed by atoms with Crippen molar-refractivity contribution < 1.29 is 4.74 Å². The monoisotopic (exact) mass is 318 g/mol. The zero-order chi connectivity index (χ0) is 15.9. The van der Waals surface area contributed by atoms with Gasteiger partial charge in [0.2, 0.25) is 5.88 Å². The number of benzene rings is 1. The summed E-state index contributed by atoms with van der Waals surface area (Å²) in [5, 5.41) is 8.36. The number of H-pyrrole nitrogens is 1. The number of aromatic amines is 1. The van der Waals surface area contributed by atoms with E-state index < -0.39 is 0 Å². The predicted molar refractivity (Wildman–Crippen MR) is 85.9 cm³/mol. The van der Waals surface area contributed by atoms with Gasteiger partial charge in [0.1, 0.15) is 5.82 Å². The van der Waals surface area contributed by atoms with Gasteiger partial charge in [-0.15, -0.1) is 5.10 Å². The number of pyridine rings is 1. The molecule has 0 fully saturated rings. The van der Waals surface area contributed by atoms with Gasteiger partial charge in [-0.2, -0.15) is 0 Å². The number of hydrogen-bond donors (Lipinski definition) is 2. The van der Waals surface area contributed by atoms with E-state index in [-0.39, 0.29) is 11.6 Å². The number of nitrogens with one attached hydrogen (secondary N) is 1. The van der Waals surface area contributed by atoms with E-state index in [0.29, 0.717) is 27.8 Å². The van der Waals surface area contributed by atoms with Gasteiger partial charge in [0.05, 0.1) is 17.5 Å². The number of aromatic nitrogens is 3. The Morgan fingerprint density at radius 1 is 1.41 bits per heavy atom.